The van der Waals surface area contributed by atoms with E-state index in [1.54, 1.807) is 0 Å². The van der Waals surface area contributed by atoms with Gasteiger partial charge in [-0.15, -0.1) is 0 Å². The van der Waals surface area contributed by atoms with Gasteiger partial charge in [0.2, 0.25) is 0 Å². The van der Waals surface area contributed by atoms with E-state index < -0.39 is 0 Å². The molecule has 0 aromatic carbocycles. The summed E-state index contributed by atoms with van der Waals surface area (Å²) in [6.45, 7) is 2.91. The van der Waals surface area contributed by atoms with E-state index >= 15 is 0 Å². The number of Topliss-reactive ketones (excluding diaryl/α,β-unsaturated/α-hetero) is 1. The van der Waals surface area contributed by atoms with Gasteiger partial charge in [0.1, 0.15) is 5.78 Å². The number of hydrogen-bond acceptors (Lipinski definition) is 2. The number of carbonyl (C=O) groups excluding carboxylic acids is 1. The van der Waals surface area contributed by atoms with E-state index in [1.807, 2.05) is 24.0 Å². The van der Waals surface area contributed by atoms with Crippen LogP contribution in [0.1, 0.15) is 31.2 Å². The van der Waals surface area contributed by atoms with E-state index in [0.29, 0.717) is 11.7 Å². The molecule has 1 aromatic heterocycles. The minimum absolute atomic E-state index is 0.305. The van der Waals surface area contributed by atoms with Crippen molar-refractivity contribution in [3.63, 3.8) is 0 Å². The molecule has 1 aliphatic carbocycles. The lowest BCUT2D eigenvalue weighted by molar-refractivity contribution is -0.120. The van der Waals surface area contributed by atoms with Gasteiger partial charge in [-0.25, -0.2) is 0 Å². The zero-order valence-corrected chi connectivity index (χ0v) is 8.57. The van der Waals surface area contributed by atoms with Gasteiger partial charge in [-0.2, -0.15) is 5.10 Å². The van der Waals surface area contributed by atoms with E-state index in [4.69, 9.17) is 0 Å². The van der Waals surface area contributed by atoms with Gasteiger partial charge >= 0.3 is 0 Å². The third-order valence-corrected chi connectivity index (χ3v) is 2.90. The van der Waals surface area contributed by atoms with E-state index in [0.717, 1.165) is 32.2 Å². The molecule has 0 spiro atoms. The maximum absolute atomic E-state index is 11.4. The summed E-state index contributed by atoms with van der Waals surface area (Å²) in [6, 6.07) is 0. The van der Waals surface area contributed by atoms with Crippen LogP contribution in [0.3, 0.4) is 0 Å². The van der Waals surface area contributed by atoms with Crippen LogP contribution in [-0.4, -0.2) is 15.6 Å². The van der Waals surface area contributed by atoms with Crippen molar-refractivity contribution in [3.05, 3.63) is 18.0 Å². The Bertz CT molecular complexity index is 330. The highest BCUT2D eigenvalue weighted by Crippen LogP contribution is 2.24. The lowest BCUT2D eigenvalue weighted by Gasteiger charge is -2.06. The normalized spacial score (nSPS) is 21.8. The summed E-state index contributed by atoms with van der Waals surface area (Å²) in [6.07, 6.45) is 7.80. The van der Waals surface area contributed by atoms with Gasteiger partial charge in [0.25, 0.3) is 0 Å². The predicted octanol–water partition coefficient (Wildman–Crippen LogP) is 1.95. The summed E-state index contributed by atoms with van der Waals surface area (Å²) >= 11 is 0. The van der Waals surface area contributed by atoms with Crippen LogP contribution in [0.5, 0.6) is 0 Å². The van der Waals surface area contributed by atoms with E-state index in [2.05, 4.69) is 5.10 Å². The highest BCUT2D eigenvalue weighted by atomic mass is 16.1. The zero-order chi connectivity index (χ0) is 9.97. The molecular formula is C11H16N2O. The van der Waals surface area contributed by atoms with Gasteiger partial charge in [-0.3, -0.25) is 9.48 Å². The van der Waals surface area contributed by atoms with Crippen LogP contribution in [0.4, 0.5) is 0 Å². The lowest BCUT2D eigenvalue weighted by Crippen LogP contribution is -2.10. The number of ketones is 1. The maximum atomic E-state index is 11.4. The highest BCUT2D eigenvalue weighted by molar-refractivity contribution is 5.82. The van der Waals surface area contributed by atoms with Crippen molar-refractivity contribution in [2.24, 2.45) is 5.92 Å². The second kappa shape index (κ2) is 3.95. The molecule has 76 valence electrons. The third kappa shape index (κ3) is 2.03. The molecule has 0 radical (unpaired) electrons. The molecule has 1 heterocycles. The Kier molecular flexibility index (Phi) is 2.66. The molecule has 0 N–H and O–H groups in total. The topological polar surface area (TPSA) is 34.9 Å². The third-order valence-electron chi connectivity index (χ3n) is 2.90. The van der Waals surface area contributed by atoms with Crippen LogP contribution in [0.25, 0.3) is 0 Å². The molecule has 0 amide bonds. The van der Waals surface area contributed by atoms with Crippen LogP contribution in [0.2, 0.25) is 0 Å². The lowest BCUT2D eigenvalue weighted by atomic mass is 10.0. The number of aromatic nitrogens is 2. The van der Waals surface area contributed by atoms with Crippen LogP contribution in [-0.2, 0) is 11.3 Å². The molecule has 0 aliphatic heterocycles. The fraction of sp³-hybridized carbons (Fsp3) is 0.636. The number of aryl methyl sites for hydroxylation is 2. The fourth-order valence-corrected chi connectivity index (χ4v) is 2.07. The van der Waals surface area contributed by atoms with Crippen LogP contribution in [0.15, 0.2) is 12.4 Å². The second-order valence-electron chi connectivity index (χ2n) is 4.12. The zero-order valence-electron chi connectivity index (χ0n) is 8.57. The quantitative estimate of drug-likeness (QED) is 0.733. The average Bonchev–Trinajstić information content (AvgIpc) is 2.72. The molecule has 14 heavy (non-hydrogen) atoms. The maximum Gasteiger partial charge on any atom is 0.136 e. The predicted molar refractivity (Wildman–Crippen MR) is 53.9 cm³/mol. The van der Waals surface area contributed by atoms with Gasteiger partial charge in [0.15, 0.2) is 0 Å². The summed E-state index contributed by atoms with van der Waals surface area (Å²) in [4.78, 5) is 11.4. The van der Waals surface area contributed by atoms with Crippen LogP contribution < -0.4 is 0 Å². The molecule has 3 heteroatoms. The summed E-state index contributed by atoms with van der Waals surface area (Å²) in [7, 11) is 0. The Morgan fingerprint density at radius 1 is 1.64 bits per heavy atom. The molecule has 1 saturated carbocycles. The summed E-state index contributed by atoms with van der Waals surface area (Å²) in [5.41, 5.74) is 1.18. The Morgan fingerprint density at radius 2 is 2.50 bits per heavy atom. The van der Waals surface area contributed by atoms with Gasteiger partial charge in [-0.05, 0) is 31.7 Å². The minimum atomic E-state index is 0.305. The monoisotopic (exact) mass is 192 g/mol. The second-order valence-corrected chi connectivity index (χ2v) is 4.12. The smallest absolute Gasteiger partial charge is 0.136 e. The SMILES string of the molecule is Cc1cnn(CCC2CCCC2=O)c1. The van der Waals surface area contributed by atoms with Crippen LogP contribution in [0, 0.1) is 12.8 Å². The van der Waals surface area contributed by atoms with Crippen LogP contribution >= 0.6 is 0 Å². The first-order valence-corrected chi connectivity index (χ1v) is 5.27. The number of nitrogens with zero attached hydrogens (tertiary/aromatic N) is 2. The van der Waals surface area contributed by atoms with Crippen molar-refractivity contribution in [2.75, 3.05) is 0 Å². The van der Waals surface area contributed by atoms with E-state index in [-0.39, 0.29) is 0 Å². The van der Waals surface area contributed by atoms with Crippen molar-refractivity contribution in [2.45, 2.75) is 39.2 Å². The van der Waals surface area contributed by atoms with E-state index in [9.17, 15) is 4.79 Å². The molecule has 3 nitrogen and oxygen atoms in total. The van der Waals surface area contributed by atoms with Crippen molar-refractivity contribution < 1.29 is 4.79 Å². The standard InChI is InChI=1S/C11H16N2O/c1-9-7-12-13(8-9)6-5-10-3-2-4-11(10)14/h7-8,10H,2-6H2,1H3. The molecule has 1 aromatic rings. The van der Waals surface area contributed by atoms with E-state index in [1.165, 1.54) is 5.56 Å². The highest BCUT2D eigenvalue weighted by Gasteiger charge is 2.23. The van der Waals surface area contributed by atoms with Gasteiger partial charge in [-0.1, -0.05) is 0 Å². The first-order chi connectivity index (χ1) is 6.75. The molecular weight excluding hydrogens is 176 g/mol. The average molecular weight is 192 g/mol. The van der Waals surface area contributed by atoms with Crippen molar-refractivity contribution in [1.29, 1.82) is 0 Å². The Balaban J connectivity index is 1.85. The molecule has 2 rings (SSSR count). The fourth-order valence-electron chi connectivity index (χ4n) is 2.07. The number of hydrogen-bond donors (Lipinski definition) is 0. The van der Waals surface area contributed by atoms with Crippen molar-refractivity contribution in [1.82, 2.24) is 9.78 Å². The van der Waals surface area contributed by atoms with Gasteiger partial charge in [0, 0.05) is 25.1 Å². The Hall–Kier alpha value is -1.12. The first-order valence-electron chi connectivity index (χ1n) is 5.27. The van der Waals surface area contributed by atoms with Crippen molar-refractivity contribution >= 4 is 5.78 Å². The largest absolute Gasteiger partial charge is 0.299 e. The molecule has 0 saturated heterocycles. The molecule has 1 atom stereocenters. The molecule has 1 aliphatic rings. The minimum Gasteiger partial charge on any atom is -0.299 e. The molecule has 1 unspecified atom stereocenters. The van der Waals surface area contributed by atoms with Gasteiger partial charge in [0.05, 0.1) is 6.20 Å². The summed E-state index contributed by atoms with van der Waals surface area (Å²) in [5, 5.41) is 4.21. The Labute approximate surface area is 84.1 Å². The van der Waals surface area contributed by atoms with Gasteiger partial charge < -0.3 is 0 Å². The Morgan fingerprint density at radius 3 is 3.07 bits per heavy atom. The molecule has 0 bridgehead atoms. The van der Waals surface area contributed by atoms with Crippen molar-refractivity contribution in [3.8, 4) is 0 Å². The summed E-state index contributed by atoms with van der Waals surface area (Å²) in [5.74, 6) is 0.758. The summed E-state index contributed by atoms with van der Waals surface area (Å²) < 4.78 is 1.93. The number of rotatable bonds is 3. The first kappa shape index (κ1) is 9.44. The molecule has 1 fully saturated rings. The number of carbonyl (C=O) groups is 1.